The molecule has 0 saturated carbocycles. The molecule has 0 radical (unpaired) electrons. The van der Waals surface area contributed by atoms with Crippen molar-refractivity contribution in [2.24, 2.45) is 0 Å². The summed E-state index contributed by atoms with van der Waals surface area (Å²) in [6, 6.07) is 71.8. The van der Waals surface area contributed by atoms with Crippen molar-refractivity contribution in [1.29, 1.82) is 0 Å². The van der Waals surface area contributed by atoms with Crippen LogP contribution in [0, 0.1) is 0 Å². The summed E-state index contributed by atoms with van der Waals surface area (Å²) >= 11 is 0. The first-order chi connectivity index (χ1) is 40.2. The van der Waals surface area contributed by atoms with Gasteiger partial charge >= 0.3 is 0 Å². The van der Waals surface area contributed by atoms with E-state index in [-0.39, 0.29) is 0 Å². The molecule has 0 heterocycles. The molecule has 0 N–H and O–H groups in total. The second kappa shape index (κ2) is 23.0. The summed E-state index contributed by atoms with van der Waals surface area (Å²) in [5.74, 6) is 0. The summed E-state index contributed by atoms with van der Waals surface area (Å²) in [6.45, 7) is 23.2. The Morgan fingerprint density at radius 1 is 0.256 bits per heavy atom. The van der Waals surface area contributed by atoms with E-state index in [4.69, 9.17) is 0 Å². The van der Waals surface area contributed by atoms with Gasteiger partial charge in [0, 0.05) is 44.3 Å². The van der Waals surface area contributed by atoms with Crippen molar-refractivity contribution in [1.82, 2.24) is 0 Å². The van der Waals surface area contributed by atoms with Gasteiger partial charge in [-0.1, -0.05) is 178 Å². The van der Waals surface area contributed by atoms with Crippen LogP contribution in [0.25, 0.3) is 76.1 Å². The van der Waals surface area contributed by atoms with Crippen molar-refractivity contribution in [3.63, 3.8) is 0 Å². The fraction of sp³-hybridized carbons (Fsp3) is 0.250. The molecular formula is C80H80N2. The number of anilines is 6. The van der Waals surface area contributed by atoms with Crippen molar-refractivity contribution in [3.8, 4) is 22.3 Å². The minimum Gasteiger partial charge on any atom is -0.310 e. The van der Waals surface area contributed by atoms with Gasteiger partial charge in [0.15, 0.2) is 0 Å². The molecule has 0 bridgehead atoms. The quantitative estimate of drug-likeness (QED) is 0.0790. The van der Waals surface area contributed by atoms with E-state index in [0.29, 0.717) is 0 Å². The van der Waals surface area contributed by atoms with E-state index in [2.05, 4.69) is 261 Å². The molecule has 12 aromatic rings. The van der Waals surface area contributed by atoms with E-state index in [1.807, 2.05) is 0 Å². The number of nitrogens with zero attached hydrogens (tertiary/aromatic N) is 2. The Morgan fingerprint density at radius 2 is 0.573 bits per heavy atom. The highest BCUT2D eigenvalue weighted by molar-refractivity contribution is 6.32. The minimum atomic E-state index is 0.961. The van der Waals surface area contributed by atoms with Crippen molar-refractivity contribution in [2.45, 2.75) is 133 Å². The van der Waals surface area contributed by atoms with Crippen molar-refractivity contribution < 1.29 is 0 Å². The average Bonchev–Trinajstić information content (AvgIpc) is 2.20. The highest BCUT2D eigenvalue weighted by atomic mass is 15.2. The van der Waals surface area contributed by atoms with Gasteiger partial charge in [-0.25, -0.2) is 0 Å². The maximum Gasteiger partial charge on any atom is 0.0546 e. The Bertz CT molecular complexity index is 3990. The van der Waals surface area contributed by atoms with Crippen LogP contribution < -0.4 is 9.80 Å². The molecule has 12 aromatic carbocycles. The van der Waals surface area contributed by atoms with Crippen LogP contribution in [0.15, 0.2) is 182 Å². The van der Waals surface area contributed by atoms with Gasteiger partial charge in [-0.05, 0) is 247 Å². The zero-order valence-electron chi connectivity index (χ0n) is 50.3. The standard InChI is InChI=1S/C80H80N2/c1-11-51-37-52(12-2)40-65(39-51)81(67-45-55(15-5)69(19-9)56(16-6)46-67)77-49-75(63-31-29-59-25-21-23-27-61(59)43-63)71-34-36-74-78(50-76(72-33-35-73(77)79(71)80(72)74)64-32-30-60-26-22-24-28-62(60)44-64)82(66-41-53(13-3)38-54(14-4)42-66)68-47-57(17-7)70(20-10)58(18-8)48-68/h21-50H,11-20H2,1-10H3. The van der Waals surface area contributed by atoms with Crippen LogP contribution in [0.1, 0.15) is 125 Å². The maximum absolute atomic E-state index is 2.65. The van der Waals surface area contributed by atoms with E-state index in [9.17, 15) is 0 Å². The van der Waals surface area contributed by atoms with Gasteiger partial charge in [0.25, 0.3) is 0 Å². The topological polar surface area (TPSA) is 6.48 Å². The number of fused-ring (bicyclic) bond motifs is 2. The lowest BCUT2D eigenvalue weighted by atomic mass is 9.84. The first-order valence-corrected chi connectivity index (χ1v) is 31.1. The Hall–Kier alpha value is -8.20. The summed E-state index contributed by atoms with van der Waals surface area (Å²) in [7, 11) is 0. The van der Waals surface area contributed by atoms with Gasteiger partial charge in [0.1, 0.15) is 0 Å². The third-order valence-corrected chi connectivity index (χ3v) is 18.3. The predicted molar refractivity (Wildman–Crippen MR) is 359 cm³/mol. The van der Waals surface area contributed by atoms with Crippen LogP contribution in [0.4, 0.5) is 34.1 Å². The Labute approximate surface area is 488 Å². The lowest BCUT2D eigenvalue weighted by Gasteiger charge is -2.32. The molecule has 0 spiro atoms. The average molecular weight is 1070 g/mol. The highest BCUT2D eigenvalue weighted by Crippen LogP contribution is 2.53. The molecule has 2 nitrogen and oxygen atoms in total. The highest BCUT2D eigenvalue weighted by Gasteiger charge is 2.28. The van der Waals surface area contributed by atoms with Gasteiger partial charge in [-0.2, -0.15) is 0 Å². The number of benzene rings is 12. The largest absolute Gasteiger partial charge is 0.310 e. The summed E-state index contributed by atoms with van der Waals surface area (Å²) < 4.78 is 0. The molecule has 0 amide bonds. The monoisotopic (exact) mass is 1070 g/mol. The summed E-state index contributed by atoms with van der Waals surface area (Å²) in [4.78, 5) is 5.31. The lowest BCUT2D eigenvalue weighted by molar-refractivity contribution is 0.978. The normalized spacial score (nSPS) is 11.8. The predicted octanol–water partition coefficient (Wildman–Crippen LogP) is 22.8. The second-order valence-corrected chi connectivity index (χ2v) is 22.8. The van der Waals surface area contributed by atoms with E-state index in [1.54, 1.807) is 0 Å². The van der Waals surface area contributed by atoms with Crippen LogP contribution in [0.3, 0.4) is 0 Å². The number of hydrogen-bond acceptors (Lipinski definition) is 2. The van der Waals surface area contributed by atoms with Gasteiger partial charge in [0.05, 0.1) is 11.4 Å². The SMILES string of the molecule is CCc1cc(CC)cc(N(c2cc(CC)c(CC)c(CC)c2)c2cc(-c3ccc4ccccc4c3)c3ccc4c(N(c5cc(CC)cc(CC)c5)c5cc(CC)c(CC)c(CC)c5)cc(-c5ccc6ccccc6c5)c5ccc2c3c54)c1. The lowest BCUT2D eigenvalue weighted by Crippen LogP contribution is -2.14. The van der Waals surface area contributed by atoms with E-state index in [1.165, 1.54) is 166 Å². The molecule has 0 aliphatic rings. The smallest absolute Gasteiger partial charge is 0.0546 e. The van der Waals surface area contributed by atoms with Crippen molar-refractivity contribution in [3.05, 3.63) is 238 Å². The molecule has 410 valence electrons. The Morgan fingerprint density at radius 3 is 0.890 bits per heavy atom. The third-order valence-electron chi connectivity index (χ3n) is 18.3. The first kappa shape index (κ1) is 54.4. The minimum absolute atomic E-state index is 0.961. The fourth-order valence-electron chi connectivity index (χ4n) is 13.9. The molecule has 0 aliphatic heterocycles. The molecule has 0 unspecified atom stereocenters. The van der Waals surface area contributed by atoms with Gasteiger partial charge in [-0.15, -0.1) is 0 Å². The van der Waals surface area contributed by atoms with E-state index in [0.717, 1.165) is 64.2 Å². The van der Waals surface area contributed by atoms with Gasteiger partial charge in [-0.3, -0.25) is 0 Å². The molecular weight excluding hydrogens is 989 g/mol. The van der Waals surface area contributed by atoms with E-state index < -0.39 is 0 Å². The number of rotatable bonds is 18. The zero-order valence-corrected chi connectivity index (χ0v) is 50.3. The summed E-state index contributed by atoms with van der Waals surface area (Å²) in [6.07, 6.45) is 9.80. The van der Waals surface area contributed by atoms with Crippen LogP contribution >= 0.6 is 0 Å². The summed E-state index contributed by atoms with van der Waals surface area (Å²) in [5.41, 5.74) is 26.3. The Kier molecular flexibility index (Phi) is 15.2. The van der Waals surface area contributed by atoms with Crippen molar-refractivity contribution in [2.75, 3.05) is 9.80 Å². The summed E-state index contributed by atoms with van der Waals surface area (Å²) in [5, 5.41) is 12.6. The Balaban J connectivity index is 1.29. The number of aryl methyl sites for hydroxylation is 8. The van der Waals surface area contributed by atoms with Crippen LogP contribution in [-0.2, 0) is 64.2 Å². The molecule has 0 atom stereocenters. The third kappa shape index (κ3) is 9.58. The van der Waals surface area contributed by atoms with Crippen LogP contribution in [0.2, 0.25) is 0 Å². The molecule has 2 heteroatoms. The molecule has 0 aromatic heterocycles. The molecule has 82 heavy (non-hydrogen) atoms. The number of hydrogen-bond donors (Lipinski definition) is 0. The molecule has 0 aliphatic carbocycles. The maximum atomic E-state index is 2.65. The zero-order chi connectivity index (χ0) is 56.8. The van der Waals surface area contributed by atoms with E-state index >= 15 is 0 Å². The molecule has 0 saturated heterocycles. The second-order valence-electron chi connectivity index (χ2n) is 22.8. The fourth-order valence-corrected chi connectivity index (χ4v) is 13.9. The first-order valence-electron chi connectivity index (χ1n) is 31.1. The molecule has 12 rings (SSSR count). The van der Waals surface area contributed by atoms with Crippen molar-refractivity contribution >= 4 is 88.0 Å². The van der Waals surface area contributed by atoms with Crippen LogP contribution in [0.5, 0.6) is 0 Å². The molecule has 0 fully saturated rings. The van der Waals surface area contributed by atoms with Crippen LogP contribution in [-0.4, -0.2) is 0 Å². The van der Waals surface area contributed by atoms with Gasteiger partial charge < -0.3 is 9.80 Å². The van der Waals surface area contributed by atoms with Gasteiger partial charge in [0.2, 0.25) is 0 Å².